The summed E-state index contributed by atoms with van der Waals surface area (Å²) in [4.78, 5) is 2.36. The van der Waals surface area contributed by atoms with Crippen LogP contribution in [0.1, 0.15) is 19.8 Å². The van der Waals surface area contributed by atoms with E-state index in [1.165, 1.54) is 24.2 Å². The molecule has 0 saturated carbocycles. The van der Waals surface area contributed by atoms with Gasteiger partial charge < -0.3 is 4.90 Å². The highest BCUT2D eigenvalue weighted by molar-refractivity contribution is 7.94. The van der Waals surface area contributed by atoms with E-state index in [1.54, 1.807) is 17.5 Å². The van der Waals surface area contributed by atoms with Gasteiger partial charge in [-0.1, -0.05) is 13.0 Å². The average Bonchev–Trinajstić information content (AvgIpc) is 3.04. The minimum atomic E-state index is -3.46. The summed E-state index contributed by atoms with van der Waals surface area (Å²) in [6.45, 7) is 4.43. The average molecular weight is 336 g/mol. The third-order valence-corrected chi connectivity index (χ3v) is 6.81. The highest BCUT2D eigenvalue weighted by Crippen LogP contribution is 2.25. The molecule has 1 aromatic heterocycles. The molecule has 0 aliphatic carbocycles. The Morgan fingerprint density at radius 1 is 1.14 bits per heavy atom. The third kappa shape index (κ3) is 3.44. The van der Waals surface area contributed by atoms with Gasteiger partial charge in [-0.25, -0.2) is 8.42 Å². The molecule has 2 heterocycles. The van der Waals surface area contributed by atoms with Crippen LogP contribution < -0.4 is 9.62 Å². The first kappa shape index (κ1) is 15.4. The van der Waals surface area contributed by atoms with Crippen molar-refractivity contribution in [2.24, 2.45) is 5.92 Å². The van der Waals surface area contributed by atoms with E-state index in [2.05, 4.69) is 16.5 Å². The van der Waals surface area contributed by atoms with Gasteiger partial charge >= 0.3 is 0 Å². The van der Waals surface area contributed by atoms with Gasteiger partial charge in [-0.15, -0.1) is 11.3 Å². The Hall–Kier alpha value is -1.53. The van der Waals surface area contributed by atoms with Crippen molar-refractivity contribution >= 4 is 32.7 Å². The normalized spacial score (nSPS) is 16.7. The fraction of sp³-hybridized carbons (Fsp3) is 0.375. The molecule has 2 aromatic rings. The zero-order valence-electron chi connectivity index (χ0n) is 12.5. The molecule has 118 valence electrons. The van der Waals surface area contributed by atoms with Crippen molar-refractivity contribution in [1.29, 1.82) is 0 Å². The lowest BCUT2D eigenvalue weighted by atomic mass is 9.99. The molecule has 3 rings (SSSR count). The fourth-order valence-electron chi connectivity index (χ4n) is 2.63. The molecule has 1 fully saturated rings. The number of sulfonamides is 1. The first-order valence-corrected chi connectivity index (χ1v) is 9.82. The summed E-state index contributed by atoms with van der Waals surface area (Å²) in [6, 6.07) is 11.0. The molecular formula is C16H20N2O2S2. The summed E-state index contributed by atoms with van der Waals surface area (Å²) in [5.41, 5.74) is 1.76. The second-order valence-electron chi connectivity index (χ2n) is 5.75. The highest BCUT2D eigenvalue weighted by atomic mass is 32.2. The molecule has 0 atom stereocenters. The number of hydrogen-bond donors (Lipinski definition) is 1. The number of piperidine rings is 1. The number of hydrogen-bond acceptors (Lipinski definition) is 4. The molecule has 0 unspecified atom stereocenters. The summed E-state index contributed by atoms with van der Waals surface area (Å²) in [6.07, 6.45) is 2.43. The molecule has 22 heavy (non-hydrogen) atoms. The zero-order chi connectivity index (χ0) is 15.6. The van der Waals surface area contributed by atoms with Gasteiger partial charge in [0.25, 0.3) is 10.0 Å². The van der Waals surface area contributed by atoms with E-state index in [0.29, 0.717) is 9.90 Å². The van der Waals surface area contributed by atoms with Gasteiger partial charge in [0.2, 0.25) is 0 Å². The fourth-order valence-corrected chi connectivity index (χ4v) is 4.68. The van der Waals surface area contributed by atoms with E-state index in [4.69, 9.17) is 0 Å². The summed E-state index contributed by atoms with van der Waals surface area (Å²) in [5, 5.41) is 1.76. The lowest BCUT2D eigenvalue weighted by molar-refractivity contribution is 0.438. The van der Waals surface area contributed by atoms with Crippen molar-refractivity contribution in [2.45, 2.75) is 24.0 Å². The summed E-state index contributed by atoms with van der Waals surface area (Å²) in [7, 11) is -3.46. The quantitative estimate of drug-likeness (QED) is 0.924. The van der Waals surface area contributed by atoms with Crippen molar-refractivity contribution < 1.29 is 8.42 Å². The predicted octanol–water partition coefficient (Wildman–Crippen LogP) is 3.79. The molecule has 6 heteroatoms. The van der Waals surface area contributed by atoms with Crippen LogP contribution in [0.4, 0.5) is 11.4 Å². The topological polar surface area (TPSA) is 49.4 Å². The molecule has 0 bridgehead atoms. The minimum Gasteiger partial charge on any atom is -0.372 e. The largest absolute Gasteiger partial charge is 0.372 e. The molecule has 0 radical (unpaired) electrons. The molecular weight excluding hydrogens is 316 g/mol. The number of nitrogens with zero attached hydrogens (tertiary/aromatic N) is 1. The smallest absolute Gasteiger partial charge is 0.271 e. The number of rotatable bonds is 4. The van der Waals surface area contributed by atoms with Crippen molar-refractivity contribution in [1.82, 2.24) is 0 Å². The molecule has 0 spiro atoms. The van der Waals surface area contributed by atoms with Gasteiger partial charge in [0.1, 0.15) is 4.21 Å². The Bertz CT molecular complexity index is 701. The number of anilines is 2. The summed E-state index contributed by atoms with van der Waals surface area (Å²) in [5.74, 6) is 0.799. The summed E-state index contributed by atoms with van der Waals surface area (Å²) < 4.78 is 27.3. The maximum atomic E-state index is 12.2. The van der Waals surface area contributed by atoms with Crippen molar-refractivity contribution in [3.8, 4) is 0 Å². The van der Waals surface area contributed by atoms with Gasteiger partial charge in [0.15, 0.2) is 0 Å². The molecule has 1 aliphatic rings. The molecule has 1 aromatic carbocycles. The van der Waals surface area contributed by atoms with Crippen LogP contribution in [0.5, 0.6) is 0 Å². The zero-order valence-corrected chi connectivity index (χ0v) is 14.2. The van der Waals surface area contributed by atoms with Gasteiger partial charge in [-0.3, -0.25) is 4.72 Å². The van der Waals surface area contributed by atoms with Crippen LogP contribution in [0.3, 0.4) is 0 Å². The third-order valence-electron chi connectivity index (χ3n) is 4.03. The molecule has 4 nitrogen and oxygen atoms in total. The van der Waals surface area contributed by atoms with Crippen LogP contribution in [0.2, 0.25) is 0 Å². The highest BCUT2D eigenvalue weighted by Gasteiger charge is 2.17. The van der Waals surface area contributed by atoms with Crippen LogP contribution in [0, 0.1) is 5.92 Å². The van der Waals surface area contributed by atoms with E-state index >= 15 is 0 Å². The van der Waals surface area contributed by atoms with Crippen molar-refractivity contribution in [3.05, 3.63) is 41.8 Å². The maximum absolute atomic E-state index is 12.2. The van der Waals surface area contributed by atoms with E-state index in [0.717, 1.165) is 24.7 Å². The minimum absolute atomic E-state index is 0.335. The molecule has 1 N–H and O–H groups in total. The van der Waals surface area contributed by atoms with E-state index in [9.17, 15) is 8.42 Å². The molecule has 1 aliphatic heterocycles. The first-order valence-electron chi connectivity index (χ1n) is 7.46. The Balaban J connectivity index is 1.70. The van der Waals surface area contributed by atoms with E-state index in [1.807, 2.05) is 24.3 Å². The van der Waals surface area contributed by atoms with Crippen LogP contribution in [-0.2, 0) is 10.0 Å². The van der Waals surface area contributed by atoms with Gasteiger partial charge in [0.05, 0.1) is 0 Å². The monoisotopic (exact) mass is 336 g/mol. The molecule has 0 amide bonds. The van der Waals surface area contributed by atoms with Crippen LogP contribution >= 0.6 is 11.3 Å². The van der Waals surface area contributed by atoms with Crippen LogP contribution in [-0.4, -0.2) is 21.5 Å². The predicted molar refractivity (Wildman–Crippen MR) is 92.2 cm³/mol. The number of thiophene rings is 1. The van der Waals surface area contributed by atoms with E-state index in [-0.39, 0.29) is 0 Å². The van der Waals surface area contributed by atoms with E-state index < -0.39 is 10.0 Å². The number of nitrogens with one attached hydrogen (secondary N) is 1. The van der Waals surface area contributed by atoms with Gasteiger partial charge in [0, 0.05) is 24.5 Å². The Labute approximate surface area is 135 Å². The number of benzene rings is 1. The Morgan fingerprint density at radius 2 is 1.82 bits per heavy atom. The SMILES string of the molecule is CC1CCN(c2ccc(NS(=O)(=O)c3cccs3)cc2)CC1. The summed E-state index contributed by atoms with van der Waals surface area (Å²) >= 11 is 1.22. The van der Waals surface area contributed by atoms with Gasteiger partial charge in [-0.05, 0) is 54.5 Å². The van der Waals surface area contributed by atoms with Crippen LogP contribution in [0.15, 0.2) is 46.0 Å². The lowest BCUT2D eigenvalue weighted by Gasteiger charge is -2.32. The second-order valence-corrected chi connectivity index (χ2v) is 8.61. The Kier molecular flexibility index (Phi) is 4.40. The van der Waals surface area contributed by atoms with Crippen molar-refractivity contribution in [2.75, 3.05) is 22.7 Å². The Morgan fingerprint density at radius 3 is 2.41 bits per heavy atom. The maximum Gasteiger partial charge on any atom is 0.271 e. The van der Waals surface area contributed by atoms with Gasteiger partial charge in [-0.2, -0.15) is 0 Å². The first-order chi connectivity index (χ1) is 10.5. The standard InChI is InChI=1S/C16H20N2O2S2/c1-13-8-10-18(11-9-13)15-6-4-14(5-7-15)17-22(19,20)16-3-2-12-21-16/h2-7,12-13,17H,8-11H2,1H3. The second kappa shape index (κ2) is 6.30. The van der Waals surface area contributed by atoms with Crippen molar-refractivity contribution in [3.63, 3.8) is 0 Å². The van der Waals surface area contributed by atoms with Crippen LogP contribution in [0.25, 0.3) is 0 Å². The molecule has 1 saturated heterocycles. The lowest BCUT2D eigenvalue weighted by Crippen LogP contribution is -2.32.